The molecule has 1 aliphatic heterocycles. The van der Waals surface area contributed by atoms with E-state index in [0.717, 1.165) is 18.8 Å². The first-order valence-electron chi connectivity index (χ1n) is 8.97. The summed E-state index contributed by atoms with van der Waals surface area (Å²) in [6, 6.07) is 15.2. The maximum absolute atomic E-state index is 4.48. The van der Waals surface area contributed by atoms with Crippen molar-refractivity contribution in [2.24, 2.45) is 0 Å². The molecule has 1 aliphatic rings. The van der Waals surface area contributed by atoms with Crippen LogP contribution in [0.15, 0.2) is 60.2 Å². The molecule has 1 fully saturated rings. The van der Waals surface area contributed by atoms with Gasteiger partial charge in [0.25, 0.3) is 0 Å². The van der Waals surface area contributed by atoms with Crippen molar-refractivity contribution in [1.82, 2.24) is 20.0 Å². The normalized spacial score (nSPS) is 16.3. The number of likely N-dealkylation sites (tertiary alicyclic amines) is 1. The van der Waals surface area contributed by atoms with Crippen LogP contribution in [-0.2, 0) is 6.54 Å². The average Bonchev–Trinajstić information content (AvgIpc) is 3.42. The fourth-order valence-corrected chi connectivity index (χ4v) is 4.33. The molecule has 3 heterocycles. The van der Waals surface area contributed by atoms with Crippen LogP contribution in [0, 0.1) is 0 Å². The second-order valence-electron chi connectivity index (χ2n) is 6.53. The standard InChI is InChI=1S/C20H24N4S/c1-2-7-18(8-3-1)24-16-17(14-22-24)13-21-15-19(20-9-6-12-25-20)23-10-4-5-11-23/h1-3,6-9,12,14,16,19,21H,4-5,10-11,13,15H2/t19-/m1/s1. The fraction of sp³-hybridized carbons (Fsp3) is 0.350. The van der Waals surface area contributed by atoms with Gasteiger partial charge in [-0.1, -0.05) is 24.3 Å². The van der Waals surface area contributed by atoms with E-state index in [4.69, 9.17) is 0 Å². The lowest BCUT2D eigenvalue weighted by Gasteiger charge is -2.27. The molecule has 25 heavy (non-hydrogen) atoms. The SMILES string of the molecule is c1ccc(-n2cc(CNC[C@H](c3cccs3)N3CCCC3)cn2)cc1. The number of nitrogens with zero attached hydrogens (tertiary/aromatic N) is 3. The van der Waals surface area contributed by atoms with E-state index in [0.29, 0.717) is 6.04 Å². The van der Waals surface area contributed by atoms with Gasteiger partial charge in [0.15, 0.2) is 0 Å². The molecule has 4 nitrogen and oxygen atoms in total. The molecule has 130 valence electrons. The molecule has 0 spiro atoms. The van der Waals surface area contributed by atoms with Crippen LogP contribution in [0.1, 0.15) is 29.3 Å². The molecule has 1 atom stereocenters. The molecule has 0 saturated carbocycles. The smallest absolute Gasteiger partial charge is 0.0645 e. The number of benzene rings is 1. The largest absolute Gasteiger partial charge is 0.311 e. The molecule has 0 bridgehead atoms. The van der Waals surface area contributed by atoms with Gasteiger partial charge in [0.05, 0.1) is 17.9 Å². The average molecular weight is 353 g/mol. The van der Waals surface area contributed by atoms with Crippen molar-refractivity contribution >= 4 is 11.3 Å². The van der Waals surface area contributed by atoms with E-state index < -0.39 is 0 Å². The highest BCUT2D eigenvalue weighted by Gasteiger charge is 2.23. The zero-order chi connectivity index (χ0) is 16.9. The Labute approximate surface area is 153 Å². The Morgan fingerprint density at radius 1 is 1.08 bits per heavy atom. The van der Waals surface area contributed by atoms with Crippen molar-refractivity contribution in [1.29, 1.82) is 0 Å². The number of aromatic nitrogens is 2. The van der Waals surface area contributed by atoms with Gasteiger partial charge >= 0.3 is 0 Å². The Kier molecular flexibility index (Phi) is 5.25. The van der Waals surface area contributed by atoms with Gasteiger partial charge in [0.2, 0.25) is 0 Å². The molecule has 0 unspecified atom stereocenters. The summed E-state index contributed by atoms with van der Waals surface area (Å²) in [5.41, 5.74) is 2.32. The quantitative estimate of drug-likeness (QED) is 0.701. The lowest BCUT2D eigenvalue weighted by Crippen LogP contribution is -2.33. The van der Waals surface area contributed by atoms with Gasteiger partial charge in [-0.2, -0.15) is 5.10 Å². The van der Waals surface area contributed by atoms with E-state index in [1.807, 2.05) is 40.4 Å². The van der Waals surface area contributed by atoms with Crippen molar-refractivity contribution < 1.29 is 0 Å². The van der Waals surface area contributed by atoms with Crippen molar-refractivity contribution in [2.45, 2.75) is 25.4 Å². The summed E-state index contributed by atoms with van der Waals surface area (Å²) < 4.78 is 1.94. The lowest BCUT2D eigenvalue weighted by molar-refractivity contribution is 0.242. The molecule has 1 aromatic carbocycles. The molecule has 1 saturated heterocycles. The highest BCUT2D eigenvalue weighted by atomic mass is 32.1. The zero-order valence-corrected chi connectivity index (χ0v) is 15.2. The first kappa shape index (κ1) is 16.5. The third-order valence-electron chi connectivity index (χ3n) is 4.78. The maximum Gasteiger partial charge on any atom is 0.0645 e. The van der Waals surface area contributed by atoms with Crippen LogP contribution in [0.5, 0.6) is 0 Å². The first-order chi connectivity index (χ1) is 12.4. The predicted octanol–water partition coefficient (Wildman–Crippen LogP) is 3.86. The zero-order valence-electron chi connectivity index (χ0n) is 14.3. The monoisotopic (exact) mass is 352 g/mol. The Hall–Kier alpha value is -1.95. The third kappa shape index (κ3) is 4.00. The van der Waals surface area contributed by atoms with E-state index in [1.54, 1.807) is 0 Å². The van der Waals surface area contributed by atoms with Crippen LogP contribution in [0.4, 0.5) is 0 Å². The molecule has 0 radical (unpaired) electrons. The van der Waals surface area contributed by atoms with E-state index in [1.165, 1.54) is 36.4 Å². The first-order valence-corrected chi connectivity index (χ1v) is 9.85. The van der Waals surface area contributed by atoms with Crippen molar-refractivity contribution in [2.75, 3.05) is 19.6 Å². The summed E-state index contributed by atoms with van der Waals surface area (Å²) >= 11 is 1.87. The highest BCUT2D eigenvalue weighted by Crippen LogP contribution is 2.27. The Morgan fingerprint density at radius 2 is 1.92 bits per heavy atom. The number of hydrogen-bond donors (Lipinski definition) is 1. The van der Waals surface area contributed by atoms with Crippen LogP contribution in [-0.4, -0.2) is 34.3 Å². The lowest BCUT2D eigenvalue weighted by atomic mass is 10.2. The molecule has 5 heteroatoms. The second kappa shape index (κ2) is 7.95. The van der Waals surface area contributed by atoms with Crippen LogP contribution in [0.2, 0.25) is 0 Å². The Balaban J connectivity index is 1.37. The number of para-hydroxylation sites is 1. The van der Waals surface area contributed by atoms with Gasteiger partial charge in [0, 0.05) is 29.7 Å². The maximum atomic E-state index is 4.48. The highest BCUT2D eigenvalue weighted by molar-refractivity contribution is 7.10. The van der Waals surface area contributed by atoms with Gasteiger partial charge < -0.3 is 5.32 Å². The summed E-state index contributed by atoms with van der Waals surface area (Å²) in [5, 5.41) is 10.3. The van der Waals surface area contributed by atoms with Gasteiger partial charge in [-0.3, -0.25) is 4.90 Å². The van der Waals surface area contributed by atoms with Gasteiger partial charge in [-0.15, -0.1) is 11.3 Å². The van der Waals surface area contributed by atoms with Crippen molar-refractivity contribution in [3.8, 4) is 5.69 Å². The molecular weight excluding hydrogens is 328 g/mol. The van der Waals surface area contributed by atoms with Crippen LogP contribution < -0.4 is 5.32 Å². The summed E-state index contributed by atoms with van der Waals surface area (Å²) in [6.45, 7) is 4.27. The van der Waals surface area contributed by atoms with Crippen molar-refractivity contribution in [3.05, 3.63) is 70.7 Å². The van der Waals surface area contributed by atoms with E-state index in [2.05, 4.69) is 51.2 Å². The topological polar surface area (TPSA) is 33.1 Å². The van der Waals surface area contributed by atoms with E-state index in [9.17, 15) is 0 Å². The van der Waals surface area contributed by atoms with Crippen LogP contribution in [0.3, 0.4) is 0 Å². The number of rotatable bonds is 7. The summed E-state index contributed by atoms with van der Waals surface area (Å²) in [6.07, 6.45) is 6.71. The number of nitrogens with one attached hydrogen (secondary N) is 1. The minimum absolute atomic E-state index is 0.492. The predicted molar refractivity (Wildman–Crippen MR) is 103 cm³/mol. The summed E-state index contributed by atoms with van der Waals surface area (Å²) in [5.74, 6) is 0. The number of thiophene rings is 1. The molecule has 1 N–H and O–H groups in total. The van der Waals surface area contributed by atoms with Gasteiger partial charge in [-0.25, -0.2) is 4.68 Å². The molecule has 0 amide bonds. The van der Waals surface area contributed by atoms with Gasteiger partial charge in [-0.05, 0) is 49.5 Å². The Bertz CT molecular complexity index is 760. The molecule has 2 aromatic heterocycles. The summed E-state index contributed by atoms with van der Waals surface area (Å²) in [4.78, 5) is 4.08. The minimum Gasteiger partial charge on any atom is -0.311 e. The van der Waals surface area contributed by atoms with Gasteiger partial charge in [0.1, 0.15) is 0 Å². The van der Waals surface area contributed by atoms with E-state index >= 15 is 0 Å². The second-order valence-corrected chi connectivity index (χ2v) is 7.51. The van der Waals surface area contributed by atoms with Crippen LogP contribution >= 0.6 is 11.3 Å². The molecule has 3 aromatic rings. The molecule has 0 aliphatic carbocycles. The minimum atomic E-state index is 0.492. The molecule has 4 rings (SSSR count). The third-order valence-corrected chi connectivity index (χ3v) is 5.75. The summed E-state index contributed by atoms with van der Waals surface area (Å²) in [7, 11) is 0. The Morgan fingerprint density at radius 3 is 2.68 bits per heavy atom. The molecular formula is C20H24N4S. The van der Waals surface area contributed by atoms with Crippen LogP contribution in [0.25, 0.3) is 5.69 Å². The fourth-order valence-electron chi connectivity index (χ4n) is 3.47. The van der Waals surface area contributed by atoms with E-state index in [-0.39, 0.29) is 0 Å². The van der Waals surface area contributed by atoms with Crippen molar-refractivity contribution in [3.63, 3.8) is 0 Å². The number of hydrogen-bond acceptors (Lipinski definition) is 4.